The predicted molar refractivity (Wildman–Crippen MR) is 135 cm³/mol. The van der Waals surface area contributed by atoms with Crippen molar-refractivity contribution < 1.29 is 14.3 Å². The Morgan fingerprint density at radius 3 is 2.32 bits per heavy atom. The zero-order valence-electron chi connectivity index (χ0n) is 18.4. The van der Waals surface area contributed by atoms with Crippen LogP contribution in [0.4, 0.5) is 0 Å². The maximum atomic E-state index is 12.4. The molecule has 0 aliphatic rings. The molecule has 172 valence electrons. The van der Waals surface area contributed by atoms with Gasteiger partial charge in [0.1, 0.15) is 6.61 Å². The Morgan fingerprint density at radius 2 is 1.62 bits per heavy atom. The Hall–Kier alpha value is -3.68. The number of carbonyl (C=O) groups excluding carboxylic acids is 1. The van der Waals surface area contributed by atoms with Crippen LogP contribution in [0.1, 0.15) is 31.5 Å². The summed E-state index contributed by atoms with van der Waals surface area (Å²) in [4.78, 5) is 12.4. The average molecular weight is 492 g/mol. The maximum Gasteiger partial charge on any atom is 0.282 e. The summed E-state index contributed by atoms with van der Waals surface area (Å²) in [5.41, 5.74) is 2.87. The van der Waals surface area contributed by atoms with Gasteiger partial charge < -0.3 is 14.8 Å². The van der Waals surface area contributed by atoms with Gasteiger partial charge in [0.25, 0.3) is 5.91 Å². The summed E-state index contributed by atoms with van der Waals surface area (Å²) < 4.78 is 11.4. The van der Waals surface area contributed by atoms with Crippen molar-refractivity contribution in [3.8, 4) is 11.5 Å². The monoisotopic (exact) mass is 491 g/mol. The van der Waals surface area contributed by atoms with Gasteiger partial charge in [-0.25, -0.2) is 0 Å². The molecule has 3 aromatic carbocycles. The van der Waals surface area contributed by atoms with Crippen molar-refractivity contribution in [3.05, 3.63) is 106 Å². The largest absolute Gasteiger partial charge is 0.493 e. The molecule has 0 saturated carbocycles. The number of carbonyl (C=O) groups is 1. The molecule has 0 radical (unpaired) electrons. The lowest BCUT2D eigenvalue weighted by molar-refractivity contribution is 0.0950. The number of rotatable bonds is 9. The van der Waals surface area contributed by atoms with E-state index >= 15 is 0 Å². The van der Waals surface area contributed by atoms with Crippen LogP contribution in [0, 0.1) is 0 Å². The number of hydrogen-bond acceptors (Lipinski definition) is 6. The van der Waals surface area contributed by atoms with Gasteiger partial charge in [-0.2, -0.15) is 0 Å². The van der Waals surface area contributed by atoms with E-state index in [0.717, 1.165) is 28.0 Å². The molecule has 4 aromatic rings. The number of amides is 1. The molecule has 1 amide bonds. The van der Waals surface area contributed by atoms with Gasteiger partial charge in [0.15, 0.2) is 16.5 Å². The van der Waals surface area contributed by atoms with Crippen molar-refractivity contribution in [1.82, 2.24) is 15.5 Å². The lowest BCUT2D eigenvalue weighted by Crippen LogP contribution is -2.22. The van der Waals surface area contributed by atoms with Gasteiger partial charge in [0.2, 0.25) is 5.01 Å². The van der Waals surface area contributed by atoms with Crippen LogP contribution in [0.15, 0.2) is 78.9 Å². The first kappa shape index (κ1) is 23.5. The van der Waals surface area contributed by atoms with Crippen molar-refractivity contribution >= 4 is 40.0 Å². The van der Waals surface area contributed by atoms with Crippen LogP contribution in [-0.4, -0.2) is 23.2 Å². The lowest BCUT2D eigenvalue weighted by atomic mass is 10.2. The van der Waals surface area contributed by atoms with Crippen LogP contribution < -0.4 is 14.8 Å². The van der Waals surface area contributed by atoms with E-state index in [1.165, 1.54) is 0 Å². The minimum absolute atomic E-state index is 0.250. The molecule has 1 N–H and O–H groups in total. The normalized spacial score (nSPS) is 11.2. The minimum atomic E-state index is -0.293. The summed E-state index contributed by atoms with van der Waals surface area (Å²) in [5, 5.41) is 12.0. The number of benzene rings is 3. The molecule has 0 aliphatic heterocycles. The second kappa shape index (κ2) is 11.4. The number of hydrogen-bond donors (Lipinski definition) is 1. The maximum absolute atomic E-state index is 12.4. The third-order valence-corrected chi connectivity index (χ3v) is 6.19. The van der Waals surface area contributed by atoms with Crippen molar-refractivity contribution in [3.63, 3.8) is 0 Å². The Kier molecular flexibility index (Phi) is 7.91. The number of aromatic nitrogens is 2. The summed E-state index contributed by atoms with van der Waals surface area (Å²) in [6, 6.07) is 25.1. The van der Waals surface area contributed by atoms with Gasteiger partial charge in [0, 0.05) is 6.54 Å². The Balaban J connectivity index is 1.41. The van der Waals surface area contributed by atoms with E-state index in [1.54, 1.807) is 13.2 Å². The first-order valence-corrected chi connectivity index (χ1v) is 11.7. The smallest absolute Gasteiger partial charge is 0.282 e. The first-order chi connectivity index (χ1) is 16.6. The molecule has 0 bridgehead atoms. The number of methoxy groups -OCH3 is 1. The van der Waals surface area contributed by atoms with Gasteiger partial charge >= 0.3 is 0 Å². The second-order valence-electron chi connectivity index (χ2n) is 7.26. The van der Waals surface area contributed by atoms with Crippen LogP contribution in [0.2, 0.25) is 0 Å². The molecule has 0 fully saturated rings. The van der Waals surface area contributed by atoms with Gasteiger partial charge in [0.05, 0.1) is 12.1 Å². The summed E-state index contributed by atoms with van der Waals surface area (Å²) in [6.45, 7) is 0.851. The van der Waals surface area contributed by atoms with E-state index in [-0.39, 0.29) is 10.9 Å². The van der Waals surface area contributed by atoms with E-state index < -0.39 is 0 Å². The minimum Gasteiger partial charge on any atom is -0.493 e. The van der Waals surface area contributed by atoms with Gasteiger partial charge in [-0.15, -0.1) is 10.2 Å². The van der Waals surface area contributed by atoms with Gasteiger partial charge in [-0.1, -0.05) is 89.7 Å². The van der Waals surface area contributed by atoms with Crippen molar-refractivity contribution in [2.24, 2.45) is 0 Å². The highest BCUT2D eigenvalue weighted by molar-refractivity contribution is 7.15. The van der Waals surface area contributed by atoms with Crippen LogP contribution in [0.3, 0.4) is 0 Å². The summed E-state index contributed by atoms with van der Waals surface area (Å²) in [5.74, 6) is 0.930. The first-order valence-electron chi connectivity index (χ1n) is 10.5. The molecule has 6 nitrogen and oxygen atoms in total. The Morgan fingerprint density at radius 1 is 0.941 bits per heavy atom. The van der Waals surface area contributed by atoms with E-state index in [1.807, 2.05) is 78.9 Å². The fraction of sp³-hybridized carbons (Fsp3) is 0.115. The van der Waals surface area contributed by atoms with Gasteiger partial charge in [-0.05, 0) is 34.9 Å². The fourth-order valence-electron chi connectivity index (χ4n) is 3.10. The number of halogens is 1. The zero-order valence-corrected chi connectivity index (χ0v) is 20.0. The highest BCUT2D eigenvalue weighted by Gasteiger charge is 2.15. The highest BCUT2D eigenvalue weighted by atomic mass is 35.5. The molecule has 1 aromatic heterocycles. The molecule has 0 unspecified atom stereocenters. The highest BCUT2D eigenvalue weighted by Crippen LogP contribution is 2.32. The molecule has 34 heavy (non-hydrogen) atoms. The molecule has 4 rings (SSSR count). The average Bonchev–Trinajstić information content (AvgIpc) is 3.38. The van der Waals surface area contributed by atoms with E-state index in [9.17, 15) is 4.79 Å². The molecule has 0 aliphatic carbocycles. The number of nitrogens with zero attached hydrogens (tertiary/aromatic N) is 2. The van der Waals surface area contributed by atoms with Crippen LogP contribution in [0.5, 0.6) is 11.5 Å². The van der Waals surface area contributed by atoms with Crippen LogP contribution >= 0.6 is 22.9 Å². The molecule has 8 heteroatoms. The third-order valence-electron chi connectivity index (χ3n) is 4.84. The zero-order chi connectivity index (χ0) is 23.8. The van der Waals surface area contributed by atoms with E-state index in [2.05, 4.69) is 15.5 Å². The summed E-state index contributed by atoms with van der Waals surface area (Å²) >= 11 is 7.61. The van der Waals surface area contributed by atoms with Gasteiger partial charge in [-0.3, -0.25) is 4.79 Å². The Bertz CT molecular complexity index is 1280. The summed E-state index contributed by atoms with van der Waals surface area (Å²) in [7, 11) is 1.59. The standard InChI is InChI=1S/C26H22ClN3O3S/c1-32-23-15-20(12-13-22(23)33-17-19-10-6-3-7-11-19)14-21(27)25-29-30-26(34-25)24(31)28-16-18-8-4-2-5-9-18/h2-15H,16-17H2,1H3,(H,28,31)/b21-14-. The van der Waals surface area contributed by atoms with Crippen molar-refractivity contribution in [2.45, 2.75) is 13.2 Å². The fourth-order valence-corrected chi connectivity index (χ4v) is 4.05. The SMILES string of the molecule is COc1cc(/C=C(\Cl)c2nnc(C(=O)NCc3ccccc3)s2)ccc1OCc1ccccc1. The predicted octanol–water partition coefficient (Wildman–Crippen LogP) is 5.79. The molecular weight excluding hydrogens is 470 g/mol. The molecule has 1 heterocycles. The van der Waals surface area contributed by atoms with E-state index in [4.69, 9.17) is 21.1 Å². The lowest BCUT2D eigenvalue weighted by Gasteiger charge is -2.11. The van der Waals surface area contributed by atoms with Crippen LogP contribution in [-0.2, 0) is 13.2 Å². The number of ether oxygens (including phenoxy) is 2. The second-order valence-corrected chi connectivity index (χ2v) is 8.64. The molecule has 0 saturated heterocycles. The third kappa shape index (κ3) is 6.21. The van der Waals surface area contributed by atoms with Crippen molar-refractivity contribution in [1.29, 1.82) is 0 Å². The Labute approximate surface area is 206 Å². The molecule has 0 atom stereocenters. The quantitative estimate of drug-likeness (QED) is 0.320. The van der Waals surface area contributed by atoms with Crippen molar-refractivity contribution in [2.75, 3.05) is 7.11 Å². The van der Waals surface area contributed by atoms with E-state index in [0.29, 0.717) is 34.7 Å². The number of nitrogens with one attached hydrogen (secondary N) is 1. The van der Waals surface area contributed by atoms with Crippen LogP contribution in [0.25, 0.3) is 11.1 Å². The molecular formula is C26H22ClN3O3S. The topological polar surface area (TPSA) is 73.3 Å². The summed E-state index contributed by atoms with van der Waals surface area (Å²) in [6.07, 6.45) is 1.75. The molecule has 0 spiro atoms.